The van der Waals surface area contributed by atoms with Crippen molar-refractivity contribution in [3.05, 3.63) is 59.1 Å². The molecule has 2 aromatic heterocycles. The molecule has 3 rings (SSSR count). The van der Waals surface area contributed by atoms with Crippen LogP contribution >= 0.6 is 11.6 Å². The van der Waals surface area contributed by atoms with Gasteiger partial charge in [0.25, 0.3) is 5.91 Å². The molecule has 0 fully saturated rings. The molecule has 116 valence electrons. The maximum Gasteiger partial charge on any atom is 0.258 e. The Labute approximate surface area is 136 Å². The molecule has 7 nitrogen and oxygen atoms in total. The molecular weight excluding hydrogens is 318 g/mol. The number of aryl methyl sites for hydroxylation is 1. The van der Waals surface area contributed by atoms with E-state index < -0.39 is 0 Å². The van der Waals surface area contributed by atoms with Crippen molar-refractivity contribution in [1.82, 2.24) is 15.1 Å². The van der Waals surface area contributed by atoms with Gasteiger partial charge >= 0.3 is 0 Å². The van der Waals surface area contributed by atoms with Crippen molar-refractivity contribution in [3.63, 3.8) is 0 Å². The predicted octanol–water partition coefficient (Wildman–Crippen LogP) is 3.42. The second-order valence-corrected chi connectivity index (χ2v) is 5.08. The van der Waals surface area contributed by atoms with Crippen molar-refractivity contribution in [3.8, 4) is 0 Å². The third-order valence-electron chi connectivity index (χ3n) is 2.90. The molecule has 0 spiro atoms. The van der Waals surface area contributed by atoms with Gasteiger partial charge in [-0.05, 0) is 19.1 Å². The van der Waals surface area contributed by atoms with E-state index in [9.17, 15) is 4.79 Å². The number of carbonyl (C=O) groups is 1. The highest BCUT2D eigenvalue weighted by Gasteiger charge is 2.10. The van der Waals surface area contributed by atoms with Gasteiger partial charge in [-0.1, -0.05) is 28.9 Å². The largest absolute Gasteiger partial charge is 0.360 e. The van der Waals surface area contributed by atoms with Gasteiger partial charge in [0.05, 0.1) is 16.3 Å². The van der Waals surface area contributed by atoms with Crippen molar-refractivity contribution >= 4 is 35.0 Å². The molecule has 0 unspecified atom stereocenters. The van der Waals surface area contributed by atoms with Crippen molar-refractivity contribution in [1.29, 1.82) is 0 Å². The third kappa shape index (κ3) is 3.64. The summed E-state index contributed by atoms with van der Waals surface area (Å²) in [7, 11) is 0. The second-order valence-electron chi connectivity index (χ2n) is 4.68. The Bertz CT molecular complexity index is 832. The van der Waals surface area contributed by atoms with Gasteiger partial charge in [-0.3, -0.25) is 4.79 Å². The van der Waals surface area contributed by atoms with Crippen molar-refractivity contribution < 1.29 is 9.32 Å². The predicted molar refractivity (Wildman–Crippen MR) is 86.0 cm³/mol. The quantitative estimate of drug-likeness (QED) is 0.761. The minimum absolute atomic E-state index is 0.312. The Morgan fingerprint density at radius 2 is 1.96 bits per heavy atom. The normalized spacial score (nSPS) is 10.3. The van der Waals surface area contributed by atoms with E-state index >= 15 is 0 Å². The van der Waals surface area contributed by atoms with Crippen LogP contribution in [0.1, 0.15) is 16.1 Å². The lowest BCUT2D eigenvalue weighted by atomic mass is 10.3. The Morgan fingerprint density at radius 3 is 2.61 bits per heavy atom. The molecule has 0 atom stereocenters. The Kier molecular flexibility index (Phi) is 4.20. The molecule has 1 aromatic carbocycles. The molecule has 0 radical (unpaired) electrons. The Balaban J connectivity index is 1.69. The summed E-state index contributed by atoms with van der Waals surface area (Å²) in [6.45, 7) is 1.78. The average molecular weight is 330 g/mol. The van der Waals surface area contributed by atoms with Gasteiger partial charge in [0.15, 0.2) is 5.82 Å². The summed E-state index contributed by atoms with van der Waals surface area (Å²) < 4.78 is 4.93. The van der Waals surface area contributed by atoms with Gasteiger partial charge in [0.2, 0.25) is 5.95 Å². The maximum absolute atomic E-state index is 12.1. The number of hydrogen-bond acceptors (Lipinski definition) is 6. The summed E-state index contributed by atoms with van der Waals surface area (Å²) in [5.74, 6) is 1.13. The van der Waals surface area contributed by atoms with Crippen LogP contribution in [-0.2, 0) is 0 Å². The molecule has 0 saturated carbocycles. The molecule has 2 heterocycles. The third-order valence-corrected chi connectivity index (χ3v) is 3.23. The summed E-state index contributed by atoms with van der Waals surface area (Å²) >= 11 is 6.00. The van der Waals surface area contributed by atoms with E-state index in [2.05, 4.69) is 25.8 Å². The van der Waals surface area contributed by atoms with Crippen LogP contribution in [0.5, 0.6) is 0 Å². The van der Waals surface area contributed by atoms with E-state index in [1.54, 1.807) is 37.3 Å². The zero-order valence-electron chi connectivity index (χ0n) is 12.1. The van der Waals surface area contributed by atoms with Crippen LogP contribution in [0.25, 0.3) is 0 Å². The van der Waals surface area contributed by atoms with Crippen LogP contribution in [-0.4, -0.2) is 21.0 Å². The molecule has 1 amide bonds. The fourth-order valence-electron chi connectivity index (χ4n) is 1.81. The average Bonchev–Trinajstić information content (AvgIpc) is 2.95. The Hall–Kier alpha value is -2.93. The van der Waals surface area contributed by atoms with Gasteiger partial charge in [0.1, 0.15) is 5.76 Å². The number of amides is 1. The van der Waals surface area contributed by atoms with Gasteiger partial charge in [-0.15, -0.1) is 0 Å². The number of nitrogens with one attached hydrogen (secondary N) is 2. The smallest absolute Gasteiger partial charge is 0.258 e. The molecule has 23 heavy (non-hydrogen) atoms. The monoisotopic (exact) mass is 329 g/mol. The first-order valence-electron chi connectivity index (χ1n) is 6.70. The first-order chi connectivity index (χ1) is 11.1. The van der Waals surface area contributed by atoms with Crippen molar-refractivity contribution in [2.75, 3.05) is 10.6 Å². The lowest BCUT2D eigenvalue weighted by Crippen LogP contribution is -2.13. The van der Waals surface area contributed by atoms with Crippen molar-refractivity contribution in [2.45, 2.75) is 6.92 Å². The van der Waals surface area contributed by atoms with E-state index in [-0.39, 0.29) is 5.91 Å². The SMILES string of the molecule is Cc1cc(Nc2ncc(C(=O)Nc3ccccc3Cl)cn2)no1. The minimum atomic E-state index is -0.345. The number of nitrogens with zero attached hydrogens (tertiary/aromatic N) is 3. The highest BCUT2D eigenvalue weighted by molar-refractivity contribution is 6.33. The molecule has 0 aliphatic rings. The standard InChI is InChI=1S/C15H12ClN5O2/c1-9-6-13(21-23-9)20-15-17-7-10(8-18-15)14(22)19-12-5-3-2-4-11(12)16/h2-8H,1H3,(H,19,22)(H,17,18,20,21). The highest BCUT2D eigenvalue weighted by Crippen LogP contribution is 2.21. The topological polar surface area (TPSA) is 92.9 Å². The maximum atomic E-state index is 12.1. The van der Waals surface area contributed by atoms with Crippen LogP contribution in [0.2, 0.25) is 5.02 Å². The van der Waals surface area contributed by atoms with E-state index in [1.165, 1.54) is 12.4 Å². The number of benzene rings is 1. The van der Waals surface area contributed by atoms with E-state index in [1.807, 2.05) is 0 Å². The van der Waals surface area contributed by atoms with Crippen LogP contribution in [0, 0.1) is 6.92 Å². The molecule has 0 aliphatic carbocycles. The van der Waals surface area contributed by atoms with E-state index in [4.69, 9.17) is 16.1 Å². The number of aromatic nitrogens is 3. The summed E-state index contributed by atoms with van der Waals surface area (Å²) in [6, 6.07) is 8.68. The van der Waals surface area contributed by atoms with Gasteiger partial charge in [0, 0.05) is 18.5 Å². The van der Waals surface area contributed by atoms with Gasteiger partial charge in [-0.25, -0.2) is 9.97 Å². The van der Waals surface area contributed by atoms with Crippen LogP contribution in [0.3, 0.4) is 0 Å². The number of para-hydroxylation sites is 1. The molecule has 0 bridgehead atoms. The van der Waals surface area contributed by atoms with Crippen molar-refractivity contribution in [2.24, 2.45) is 0 Å². The molecule has 0 aliphatic heterocycles. The molecule has 0 saturated heterocycles. The fraction of sp³-hybridized carbons (Fsp3) is 0.0667. The summed E-state index contributed by atoms with van der Waals surface area (Å²) in [6.07, 6.45) is 2.82. The highest BCUT2D eigenvalue weighted by atomic mass is 35.5. The number of halogens is 1. The lowest BCUT2D eigenvalue weighted by Gasteiger charge is -2.07. The van der Waals surface area contributed by atoms with Crippen LogP contribution in [0.15, 0.2) is 47.2 Å². The summed E-state index contributed by atoms with van der Waals surface area (Å²) in [4.78, 5) is 20.3. The molecule has 8 heteroatoms. The lowest BCUT2D eigenvalue weighted by molar-refractivity contribution is 0.102. The summed E-state index contributed by atoms with van der Waals surface area (Å²) in [5.41, 5.74) is 0.839. The molecule has 3 aromatic rings. The zero-order valence-corrected chi connectivity index (χ0v) is 12.8. The minimum Gasteiger partial charge on any atom is -0.360 e. The first kappa shape index (κ1) is 15.0. The van der Waals surface area contributed by atoms with Crippen LogP contribution < -0.4 is 10.6 Å². The number of rotatable bonds is 4. The number of hydrogen-bond donors (Lipinski definition) is 2. The second kappa shape index (κ2) is 6.45. The zero-order chi connectivity index (χ0) is 16.2. The van der Waals surface area contributed by atoms with E-state index in [0.29, 0.717) is 33.8 Å². The molecular formula is C15H12ClN5O2. The number of carbonyl (C=O) groups excluding carboxylic acids is 1. The molecule has 2 N–H and O–H groups in total. The van der Waals surface area contributed by atoms with E-state index in [0.717, 1.165) is 0 Å². The van der Waals surface area contributed by atoms with Gasteiger partial charge < -0.3 is 15.2 Å². The first-order valence-corrected chi connectivity index (χ1v) is 7.08. The summed E-state index contributed by atoms with van der Waals surface area (Å²) in [5, 5.41) is 9.80. The van der Waals surface area contributed by atoms with Crippen LogP contribution in [0.4, 0.5) is 17.5 Å². The fourth-order valence-corrected chi connectivity index (χ4v) is 1.99. The van der Waals surface area contributed by atoms with Gasteiger partial charge in [-0.2, -0.15) is 0 Å². The number of anilines is 3. The Morgan fingerprint density at radius 1 is 1.22 bits per heavy atom.